The summed E-state index contributed by atoms with van der Waals surface area (Å²) in [6, 6.07) is 24.7. The van der Waals surface area contributed by atoms with Crippen molar-refractivity contribution in [2.75, 3.05) is 16.8 Å². The van der Waals surface area contributed by atoms with E-state index in [-0.39, 0.29) is 5.91 Å². The molecule has 5 nitrogen and oxygen atoms in total. The monoisotopic (exact) mass is 423 g/mol. The smallest absolute Gasteiger partial charge is 0.227 e. The fraction of sp³-hybridized carbons (Fsp3) is 0.222. The Bertz CT molecular complexity index is 1180. The first-order chi connectivity index (χ1) is 15.8. The molecule has 0 unspecified atom stereocenters. The largest absolute Gasteiger partial charge is 0.326 e. The highest BCUT2D eigenvalue weighted by atomic mass is 16.2. The lowest BCUT2D eigenvalue weighted by Gasteiger charge is -2.23. The Labute approximate surface area is 188 Å². The Kier molecular flexibility index (Phi) is 5.88. The summed E-state index contributed by atoms with van der Waals surface area (Å²) in [5, 5.41) is 3.34. The minimum absolute atomic E-state index is 0.229. The number of nitrogens with zero attached hydrogens (tertiary/aromatic N) is 2. The molecular weight excluding hydrogens is 396 g/mol. The van der Waals surface area contributed by atoms with Crippen molar-refractivity contribution >= 4 is 34.3 Å². The average molecular weight is 424 g/mol. The van der Waals surface area contributed by atoms with Crippen molar-refractivity contribution in [3.63, 3.8) is 0 Å². The van der Waals surface area contributed by atoms with Gasteiger partial charge in [-0.3, -0.25) is 4.79 Å². The third kappa shape index (κ3) is 4.52. The molecule has 5 rings (SSSR count). The number of aryl methyl sites for hydroxylation is 1. The van der Waals surface area contributed by atoms with Crippen LogP contribution < -0.4 is 10.2 Å². The summed E-state index contributed by atoms with van der Waals surface area (Å²) in [5.41, 5.74) is 6.51. The standard InChI is InChI=1S/C27H27N4O/c32-26-14-7-10-21-9-1-4-13-25(21)31(26)19-6-5-8-20-15-17-22(18-16-20)28-27-29-23-11-2-3-12-24(23)30-27/h1-4,9-13,15-18H,5-8,14,19H2,(H2,28,29,30). The van der Waals surface area contributed by atoms with Gasteiger partial charge in [0.25, 0.3) is 0 Å². The van der Waals surface area contributed by atoms with E-state index in [1.54, 1.807) is 0 Å². The normalized spacial score (nSPS) is 13.8. The highest BCUT2D eigenvalue weighted by molar-refractivity contribution is 5.95. The first-order valence-electron chi connectivity index (χ1n) is 11.3. The first-order valence-corrected chi connectivity index (χ1v) is 11.3. The summed E-state index contributed by atoms with van der Waals surface area (Å²) in [6.45, 7) is 0.773. The van der Waals surface area contributed by atoms with Crippen molar-refractivity contribution in [2.24, 2.45) is 0 Å². The van der Waals surface area contributed by atoms with Crippen molar-refractivity contribution in [2.45, 2.75) is 32.1 Å². The number of carbonyl (C=O) groups is 1. The van der Waals surface area contributed by atoms with Crippen molar-refractivity contribution < 1.29 is 4.79 Å². The van der Waals surface area contributed by atoms with E-state index in [4.69, 9.17) is 0 Å². The molecule has 0 saturated carbocycles. The fourth-order valence-corrected chi connectivity index (χ4v) is 4.27. The predicted molar refractivity (Wildman–Crippen MR) is 130 cm³/mol. The molecule has 0 atom stereocenters. The summed E-state index contributed by atoms with van der Waals surface area (Å²) < 4.78 is 0. The SMILES string of the molecule is O=C1CC[CH]c2ccccc2N1CCCCc1ccc(Nc2nc3ccccc3[nH]2)cc1. The summed E-state index contributed by atoms with van der Waals surface area (Å²) in [5.74, 6) is 0.978. The van der Waals surface area contributed by atoms with Crippen LogP contribution in [0.1, 0.15) is 36.8 Å². The molecule has 2 heterocycles. The van der Waals surface area contributed by atoms with Crippen molar-refractivity contribution in [3.8, 4) is 0 Å². The number of hydrogen-bond acceptors (Lipinski definition) is 3. The number of para-hydroxylation sites is 3. The van der Waals surface area contributed by atoms with Crippen molar-refractivity contribution in [1.82, 2.24) is 9.97 Å². The molecule has 5 heteroatoms. The molecule has 1 aromatic heterocycles. The molecule has 0 fully saturated rings. The molecule has 1 amide bonds. The molecule has 0 aliphatic carbocycles. The highest BCUT2D eigenvalue weighted by Crippen LogP contribution is 2.28. The van der Waals surface area contributed by atoms with Crippen LogP contribution in [0.4, 0.5) is 17.3 Å². The number of carbonyl (C=O) groups excluding carboxylic acids is 1. The minimum Gasteiger partial charge on any atom is -0.326 e. The van der Waals surface area contributed by atoms with Gasteiger partial charge in [-0.2, -0.15) is 0 Å². The van der Waals surface area contributed by atoms with Gasteiger partial charge in [0.1, 0.15) is 0 Å². The van der Waals surface area contributed by atoms with Gasteiger partial charge in [0.05, 0.1) is 11.0 Å². The number of amides is 1. The lowest BCUT2D eigenvalue weighted by Crippen LogP contribution is -2.31. The second-order valence-electron chi connectivity index (χ2n) is 8.23. The predicted octanol–water partition coefficient (Wildman–Crippen LogP) is 6.01. The van der Waals surface area contributed by atoms with Gasteiger partial charge in [0.15, 0.2) is 0 Å². The van der Waals surface area contributed by atoms with Gasteiger partial charge in [-0.25, -0.2) is 4.98 Å². The average Bonchev–Trinajstić information content (AvgIpc) is 3.15. The van der Waals surface area contributed by atoms with E-state index in [0.29, 0.717) is 6.42 Å². The number of H-pyrrole nitrogens is 1. The van der Waals surface area contributed by atoms with Crippen LogP contribution in [0, 0.1) is 6.42 Å². The van der Waals surface area contributed by atoms with Gasteiger partial charge in [0.2, 0.25) is 11.9 Å². The van der Waals surface area contributed by atoms with Gasteiger partial charge >= 0.3 is 0 Å². The molecule has 1 aliphatic heterocycles. The van der Waals surface area contributed by atoms with Gasteiger partial charge in [-0.05, 0) is 73.6 Å². The Morgan fingerprint density at radius 3 is 2.62 bits per heavy atom. The molecule has 0 spiro atoms. The minimum atomic E-state index is 0.229. The zero-order chi connectivity index (χ0) is 21.8. The number of anilines is 3. The molecule has 0 saturated heterocycles. The Morgan fingerprint density at radius 1 is 0.938 bits per heavy atom. The van der Waals surface area contributed by atoms with Crippen LogP contribution in [0.2, 0.25) is 0 Å². The van der Waals surface area contributed by atoms with Crippen LogP contribution in [-0.2, 0) is 11.2 Å². The molecule has 161 valence electrons. The Morgan fingerprint density at radius 2 is 1.75 bits per heavy atom. The molecule has 32 heavy (non-hydrogen) atoms. The second-order valence-corrected chi connectivity index (χ2v) is 8.23. The van der Waals surface area contributed by atoms with Gasteiger partial charge in [0, 0.05) is 24.3 Å². The fourth-order valence-electron chi connectivity index (χ4n) is 4.27. The number of benzene rings is 3. The van der Waals surface area contributed by atoms with E-state index >= 15 is 0 Å². The summed E-state index contributed by atoms with van der Waals surface area (Å²) in [6.07, 6.45) is 6.62. The van der Waals surface area contributed by atoms with Crippen molar-refractivity contribution in [1.29, 1.82) is 0 Å². The van der Waals surface area contributed by atoms with Crippen LogP contribution in [0.5, 0.6) is 0 Å². The molecule has 0 bridgehead atoms. The summed E-state index contributed by atoms with van der Waals surface area (Å²) >= 11 is 0. The van der Waals surface area contributed by atoms with Crippen molar-refractivity contribution in [3.05, 3.63) is 90.3 Å². The second kappa shape index (κ2) is 9.27. The van der Waals surface area contributed by atoms with Gasteiger partial charge < -0.3 is 15.2 Å². The van der Waals surface area contributed by atoms with Crippen LogP contribution in [0.15, 0.2) is 72.8 Å². The van der Waals surface area contributed by atoms with Crippen LogP contribution >= 0.6 is 0 Å². The number of rotatable bonds is 7. The maximum Gasteiger partial charge on any atom is 0.227 e. The van der Waals surface area contributed by atoms with E-state index in [9.17, 15) is 4.79 Å². The van der Waals surface area contributed by atoms with E-state index in [0.717, 1.165) is 60.6 Å². The maximum absolute atomic E-state index is 12.6. The van der Waals surface area contributed by atoms with Crippen LogP contribution in [-0.4, -0.2) is 22.4 Å². The number of fused-ring (bicyclic) bond motifs is 2. The number of imidazole rings is 1. The topological polar surface area (TPSA) is 61.0 Å². The summed E-state index contributed by atoms with van der Waals surface area (Å²) in [7, 11) is 0. The lowest BCUT2D eigenvalue weighted by molar-refractivity contribution is -0.118. The Hall–Kier alpha value is -3.60. The zero-order valence-corrected chi connectivity index (χ0v) is 18.1. The van der Waals surface area contributed by atoms with E-state index in [2.05, 4.69) is 58.1 Å². The van der Waals surface area contributed by atoms with E-state index < -0.39 is 0 Å². The number of aromatic nitrogens is 2. The molecule has 1 aliphatic rings. The Balaban J connectivity index is 1.14. The molecule has 4 aromatic rings. The third-order valence-corrected chi connectivity index (χ3v) is 5.95. The number of hydrogen-bond donors (Lipinski definition) is 2. The maximum atomic E-state index is 12.6. The van der Waals surface area contributed by atoms with Crippen LogP contribution in [0.25, 0.3) is 11.0 Å². The number of nitrogens with one attached hydrogen (secondary N) is 2. The quantitative estimate of drug-likeness (QED) is 0.358. The van der Waals surface area contributed by atoms with E-state index in [1.807, 2.05) is 41.3 Å². The first kappa shape index (κ1) is 20.3. The zero-order valence-electron chi connectivity index (χ0n) is 18.1. The molecule has 2 N–H and O–H groups in total. The lowest BCUT2D eigenvalue weighted by atomic mass is 10.1. The number of aromatic amines is 1. The van der Waals surface area contributed by atoms with E-state index in [1.165, 1.54) is 11.1 Å². The van der Waals surface area contributed by atoms with Crippen LogP contribution in [0.3, 0.4) is 0 Å². The molecular formula is C27H27N4O. The third-order valence-electron chi connectivity index (χ3n) is 5.95. The van der Waals surface area contributed by atoms with Gasteiger partial charge in [-0.1, -0.05) is 42.5 Å². The highest BCUT2D eigenvalue weighted by Gasteiger charge is 2.21. The number of unbranched alkanes of at least 4 members (excludes halogenated alkanes) is 1. The molecule has 1 radical (unpaired) electrons. The molecule has 3 aromatic carbocycles. The van der Waals surface area contributed by atoms with Gasteiger partial charge in [-0.15, -0.1) is 0 Å². The summed E-state index contributed by atoms with van der Waals surface area (Å²) in [4.78, 5) is 22.4.